The maximum atomic E-state index is 12.6. The van der Waals surface area contributed by atoms with Crippen LogP contribution < -0.4 is 5.56 Å². The lowest BCUT2D eigenvalue weighted by Crippen LogP contribution is -2.48. The summed E-state index contributed by atoms with van der Waals surface area (Å²) >= 11 is 0. The van der Waals surface area contributed by atoms with Crippen LogP contribution >= 0.6 is 0 Å². The van der Waals surface area contributed by atoms with E-state index in [9.17, 15) is 14.7 Å². The first-order valence-corrected chi connectivity index (χ1v) is 8.56. The molecule has 1 unspecified atom stereocenters. The third kappa shape index (κ3) is 4.23. The number of H-pyrrole nitrogens is 1. The zero-order valence-corrected chi connectivity index (χ0v) is 13.9. The van der Waals surface area contributed by atoms with Crippen molar-refractivity contribution in [2.45, 2.75) is 24.9 Å². The minimum Gasteiger partial charge on any atom is -0.388 e. The molecule has 0 aliphatic carbocycles. The molecule has 0 saturated carbocycles. The van der Waals surface area contributed by atoms with Crippen molar-refractivity contribution in [3.63, 3.8) is 0 Å². The molecular weight excluding hydrogens is 310 g/mol. The van der Waals surface area contributed by atoms with Gasteiger partial charge in [-0.05, 0) is 25.3 Å². The van der Waals surface area contributed by atoms with Gasteiger partial charge in [-0.3, -0.25) is 14.5 Å². The Balaban J connectivity index is 1.60. The summed E-state index contributed by atoms with van der Waals surface area (Å²) in [5.74, 6) is -0.0955. The Bertz CT molecular complexity index is 606. The largest absolute Gasteiger partial charge is 0.388 e. The number of rotatable bonds is 3. The number of nitrogens with one attached hydrogen (secondary N) is 1. The molecular formula is C17H25N3O4. The Hall–Kier alpha value is -1.70. The van der Waals surface area contributed by atoms with Crippen LogP contribution in [0, 0.1) is 0 Å². The number of hydrogen-bond acceptors (Lipinski definition) is 5. The van der Waals surface area contributed by atoms with Gasteiger partial charge in [0.1, 0.15) is 0 Å². The maximum Gasteiger partial charge on any atom is 0.255 e. The second-order valence-electron chi connectivity index (χ2n) is 6.70. The number of aromatic nitrogens is 1. The first-order chi connectivity index (χ1) is 11.6. The van der Waals surface area contributed by atoms with Gasteiger partial charge in [0.05, 0.1) is 24.4 Å². The Morgan fingerprint density at radius 2 is 2.00 bits per heavy atom. The maximum absolute atomic E-state index is 12.6. The van der Waals surface area contributed by atoms with E-state index in [0.717, 1.165) is 19.5 Å². The number of nitrogens with zero attached hydrogens (tertiary/aromatic N) is 2. The standard InChI is InChI=1S/C17H25N3O4/c21-15-3-2-14(12-18-15)16(22)20-6-1-4-17(23,5-7-20)13-19-8-10-24-11-9-19/h2-3,12,23H,1,4-11,13H2,(H,18,21). The van der Waals surface area contributed by atoms with Crippen molar-refractivity contribution in [1.29, 1.82) is 0 Å². The van der Waals surface area contributed by atoms with Crippen LogP contribution in [0.25, 0.3) is 0 Å². The summed E-state index contributed by atoms with van der Waals surface area (Å²) in [4.78, 5) is 30.2. The molecule has 2 aliphatic heterocycles. The predicted molar refractivity (Wildman–Crippen MR) is 89.0 cm³/mol. The van der Waals surface area contributed by atoms with Crippen LogP contribution in [0.1, 0.15) is 29.6 Å². The number of pyridine rings is 1. The molecule has 3 heterocycles. The van der Waals surface area contributed by atoms with E-state index in [4.69, 9.17) is 4.74 Å². The molecule has 1 aromatic heterocycles. The Morgan fingerprint density at radius 1 is 1.21 bits per heavy atom. The fourth-order valence-corrected chi connectivity index (χ4v) is 3.44. The van der Waals surface area contributed by atoms with Crippen LogP contribution in [0.2, 0.25) is 0 Å². The molecule has 0 aromatic carbocycles. The van der Waals surface area contributed by atoms with Crippen LogP contribution in [0.4, 0.5) is 0 Å². The third-order valence-corrected chi connectivity index (χ3v) is 4.86. The van der Waals surface area contributed by atoms with Gasteiger partial charge in [-0.15, -0.1) is 0 Å². The van der Waals surface area contributed by atoms with E-state index in [0.29, 0.717) is 51.3 Å². The summed E-state index contributed by atoms with van der Waals surface area (Å²) in [6.07, 6.45) is 3.49. The van der Waals surface area contributed by atoms with E-state index in [1.54, 1.807) is 11.0 Å². The molecule has 3 rings (SSSR count). The van der Waals surface area contributed by atoms with Crippen molar-refractivity contribution in [3.05, 3.63) is 34.2 Å². The summed E-state index contributed by atoms with van der Waals surface area (Å²) < 4.78 is 5.35. The minimum absolute atomic E-state index is 0.0955. The number of aromatic amines is 1. The van der Waals surface area contributed by atoms with Crippen LogP contribution in [0.15, 0.2) is 23.1 Å². The monoisotopic (exact) mass is 335 g/mol. The number of aliphatic hydroxyl groups is 1. The van der Waals surface area contributed by atoms with Crippen LogP contribution in [-0.4, -0.2) is 77.3 Å². The summed E-state index contributed by atoms with van der Waals surface area (Å²) in [6, 6.07) is 2.91. The molecule has 2 aliphatic rings. The smallest absolute Gasteiger partial charge is 0.255 e. The van der Waals surface area contributed by atoms with Crippen molar-refractivity contribution < 1.29 is 14.6 Å². The number of carbonyl (C=O) groups is 1. The number of likely N-dealkylation sites (tertiary alicyclic amines) is 1. The second-order valence-corrected chi connectivity index (χ2v) is 6.70. The number of amides is 1. The molecule has 132 valence electrons. The van der Waals surface area contributed by atoms with E-state index in [1.807, 2.05) is 0 Å². The van der Waals surface area contributed by atoms with E-state index in [1.165, 1.54) is 12.3 Å². The molecule has 0 radical (unpaired) electrons. The van der Waals surface area contributed by atoms with Gasteiger partial charge in [0.15, 0.2) is 0 Å². The van der Waals surface area contributed by atoms with Gasteiger partial charge in [-0.2, -0.15) is 0 Å². The highest BCUT2D eigenvalue weighted by Gasteiger charge is 2.33. The molecule has 24 heavy (non-hydrogen) atoms. The quantitative estimate of drug-likeness (QED) is 0.816. The molecule has 7 heteroatoms. The lowest BCUT2D eigenvalue weighted by Gasteiger charge is -2.35. The van der Waals surface area contributed by atoms with Crippen LogP contribution in [0.5, 0.6) is 0 Å². The third-order valence-electron chi connectivity index (χ3n) is 4.86. The van der Waals surface area contributed by atoms with Crippen molar-refractivity contribution in [3.8, 4) is 0 Å². The first-order valence-electron chi connectivity index (χ1n) is 8.56. The van der Waals surface area contributed by atoms with Crippen molar-refractivity contribution in [2.75, 3.05) is 45.9 Å². The van der Waals surface area contributed by atoms with E-state index >= 15 is 0 Å². The summed E-state index contributed by atoms with van der Waals surface area (Å²) in [5, 5.41) is 10.9. The minimum atomic E-state index is -0.753. The Morgan fingerprint density at radius 3 is 2.71 bits per heavy atom. The van der Waals surface area contributed by atoms with Gasteiger partial charge >= 0.3 is 0 Å². The number of ether oxygens (including phenoxy) is 1. The molecule has 2 N–H and O–H groups in total. The summed E-state index contributed by atoms with van der Waals surface area (Å²) in [7, 11) is 0. The summed E-state index contributed by atoms with van der Waals surface area (Å²) in [6.45, 7) is 4.92. The highest BCUT2D eigenvalue weighted by Crippen LogP contribution is 2.24. The lowest BCUT2D eigenvalue weighted by molar-refractivity contribution is -0.0389. The zero-order valence-electron chi connectivity index (χ0n) is 13.9. The van der Waals surface area contributed by atoms with E-state index < -0.39 is 5.60 Å². The number of carbonyl (C=O) groups excluding carboxylic acids is 1. The molecule has 1 aromatic rings. The predicted octanol–water partition coefficient (Wildman–Crippen LogP) is 0.0643. The van der Waals surface area contributed by atoms with E-state index in [2.05, 4.69) is 9.88 Å². The highest BCUT2D eigenvalue weighted by atomic mass is 16.5. The normalized spacial score (nSPS) is 26.1. The fourth-order valence-electron chi connectivity index (χ4n) is 3.44. The molecule has 2 saturated heterocycles. The molecule has 7 nitrogen and oxygen atoms in total. The van der Waals surface area contributed by atoms with Crippen LogP contribution in [-0.2, 0) is 4.74 Å². The van der Waals surface area contributed by atoms with Crippen molar-refractivity contribution in [1.82, 2.24) is 14.8 Å². The van der Waals surface area contributed by atoms with Gasteiger partial charge in [0.25, 0.3) is 5.91 Å². The fraction of sp³-hybridized carbons (Fsp3) is 0.647. The Labute approximate surface area is 141 Å². The zero-order chi connectivity index (χ0) is 17.0. The molecule has 1 amide bonds. The SMILES string of the molecule is O=C(c1ccc(=O)[nH]c1)N1CCCC(O)(CN2CCOCC2)CC1. The van der Waals surface area contributed by atoms with Gasteiger partial charge in [-0.25, -0.2) is 0 Å². The second kappa shape index (κ2) is 7.46. The molecule has 2 fully saturated rings. The van der Waals surface area contributed by atoms with Crippen molar-refractivity contribution >= 4 is 5.91 Å². The number of hydrogen-bond donors (Lipinski definition) is 2. The number of morpholine rings is 1. The average Bonchev–Trinajstić information content (AvgIpc) is 2.78. The average molecular weight is 335 g/mol. The van der Waals surface area contributed by atoms with Crippen molar-refractivity contribution in [2.24, 2.45) is 0 Å². The molecule has 0 spiro atoms. The Kier molecular flexibility index (Phi) is 5.33. The lowest BCUT2D eigenvalue weighted by atomic mass is 9.94. The number of β-amino-alcohol motifs (C(OH)–C–C–N with tert-alkyl or cyclic N) is 1. The van der Waals surface area contributed by atoms with Gasteiger partial charge < -0.3 is 19.7 Å². The first kappa shape index (κ1) is 17.1. The summed E-state index contributed by atoms with van der Waals surface area (Å²) in [5.41, 5.74) is -0.493. The van der Waals surface area contributed by atoms with E-state index in [-0.39, 0.29) is 11.5 Å². The van der Waals surface area contributed by atoms with Crippen LogP contribution in [0.3, 0.4) is 0 Å². The van der Waals surface area contributed by atoms with Gasteiger partial charge in [0, 0.05) is 45.0 Å². The molecule has 1 atom stereocenters. The topological polar surface area (TPSA) is 85.9 Å². The molecule has 0 bridgehead atoms. The van der Waals surface area contributed by atoms with Gasteiger partial charge in [0.2, 0.25) is 5.56 Å². The van der Waals surface area contributed by atoms with Gasteiger partial charge in [-0.1, -0.05) is 0 Å². The highest BCUT2D eigenvalue weighted by molar-refractivity contribution is 5.93.